The number of rotatable bonds is 3. The maximum absolute atomic E-state index is 4.97. The van der Waals surface area contributed by atoms with Crippen molar-refractivity contribution in [2.45, 2.75) is 31.2 Å². The van der Waals surface area contributed by atoms with Crippen LogP contribution in [0, 0.1) is 0 Å². The van der Waals surface area contributed by atoms with Crippen molar-refractivity contribution in [1.29, 1.82) is 0 Å². The van der Waals surface area contributed by atoms with Crippen molar-refractivity contribution in [3.05, 3.63) is 0 Å². The highest BCUT2D eigenvalue weighted by atomic mass is 32.2. The third kappa shape index (κ3) is 3.61. The topological polar surface area (TPSA) is 22.1 Å². The van der Waals surface area contributed by atoms with E-state index in [2.05, 4.69) is 54.7 Å². The van der Waals surface area contributed by atoms with Gasteiger partial charge in [-0.25, -0.2) is 0 Å². The third-order valence-corrected chi connectivity index (χ3v) is 5.47. The molecule has 2 aliphatic rings. The van der Waals surface area contributed by atoms with E-state index in [1.54, 1.807) is 0 Å². The van der Waals surface area contributed by atoms with Crippen molar-refractivity contribution in [3.63, 3.8) is 0 Å². The van der Waals surface area contributed by atoms with E-state index in [-0.39, 0.29) is 0 Å². The zero-order valence-corrected chi connectivity index (χ0v) is 14.4. The minimum Gasteiger partial charge on any atom is -0.349 e. The number of hydrogen-bond acceptors (Lipinski definition) is 3. The Hall–Kier alpha value is -0.420. The predicted molar refractivity (Wildman–Crippen MR) is 89.8 cm³/mol. The van der Waals surface area contributed by atoms with Crippen LogP contribution in [0.2, 0.25) is 0 Å². The summed E-state index contributed by atoms with van der Waals surface area (Å²) in [4.78, 5) is 12.0. The van der Waals surface area contributed by atoms with Gasteiger partial charge in [0.05, 0.1) is 6.54 Å². The molecule has 4 nitrogen and oxygen atoms in total. The first kappa shape index (κ1) is 16.0. The van der Waals surface area contributed by atoms with E-state index in [0.717, 1.165) is 12.5 Å². The molecule has 0 radical (unpaired) electrons. The maximum atomic E-state index is 4.97. The molecule has 1 heterocycles. The smallest absolute Gasteiger partial charge is 0.195 e. The SMILES string of the molecule is CN(C)C(=NCC1(N2CCSCC2)CCCC1)N(C)C. The van der Waals surface area contributed by atoms with E-state index in [0.29, 0.717) is 5.54 Å². The van der Waals surface area contributed by atoms with Crippen LogP contribution in [0.4, 0.5) is 0 Å². The monoisotopic (exact) mass is 298 g/mol. The van der Waals surface area contributed by atoms with Crippen LogP contribution in [0.3, 0.4) is 0 Å². The van der Waals surface area contributed by atoms with E-state index in [1.807, 2.05) is 0 Å². The minimum absolute atomic E-state index is 0.345. The standard InChI is InChI=1S/C15H30N4S/c1-17(2)14(18(3)4)16-13-15(7-5-6-8-15)19-9-11-20-12-10-19/h5-13H2,1-4H3. The summed E-state index contributed by atoms with van der Waals surface area (Å²) < 4.78 is 0. The molecule has 1 aliphatic heterocycles. The van der Waals surface area contributed by atoms with Gasteiger partial charge >= 0.3 is 0 Å². The van der Waals surface area contributed by atoms with E-state index < -0.39 is 0 Å². The number of hydrogen-bond donors (Lipinski definition) is 0. The molecule has 0 unspecified atom stereocenters. The molecule has 1 aliphatic carbocycles. The van der Waals surface area contributed by atoms with Crippen LogP contribution >= 0.6 is 11.8 Å². The van der Waals surface area contributed by atoms with Gasteiger partial charge in [0.1, 0.15) is 0 Å². The van der Waals surface area contributed by atoms with Gasteiger partial charge in [0.2, 0.25) is 0 Å². The molecule has 0 aromatic heterocycles. The van der Waals surface area contributed by atoms with Crippen LogP contribution in [-0.2, 0) is 0 Å². The second-order valence-corrected chi connectivity index (χ2v) is 7.66. The highest BCUT2D eigenvalue weighted by molar-refractivity contribution is 7.99. The van der Waals surface area contributed by atoms with Crippen LogP contribution in [0.5, 0.6) is 0 Å². The predicted octanol–water partition coefficient (Wildman–Crippen LogP) is 1.83. The summed E-state index contributed by atoms with van der Waals surface area (Å²) in [5.41, 5.74) is 0.345. The second kappa shape index (κ2) is 7.03. The van der Waals surface area contributed by atoms with Crippen LogP contribution in [-0.4, -0.2) is 85.5 Å². The Labute approximate surface area is 128 Å². The molecule has 2 rings (SSSR count). The molecule has 0 aromatic carbocycles. The average molecular weight is 298 g/mol. The van der Waals surface area contributed by atoms with Crippen molar-refractivity contribution in [3.8, 4) is 0 Å². The molecule has 5 heteroatoms. The van der Waals surface area contributed by atoms with Crippen LogP contribution in [0.15, 0.2) is 4.99 Å². The lowest BCUT2D eigenvalue weighted by Gasteiger charge is -2.42. The largest absolute Gasteiger partial charge is 0.349 e. The Kier molecular flexibility index (Phi) is 5.61. The summed E-state index contributed by atoms with van der Waals surface area (Å²) in [6, 6.07) is 0. The molecule has 0 atom stereocenters. The molecule has 1 saturated carbocycles. The Morgan fingerprint density at radius 2 is 1.60 bits per heavy atom. The molecular weight excluding hydrogens is 268 g/mol. The van der Waals surface area contributed by atoms with Gasteiger partial charge < -0.3 is 9.80 Å². The Morgan fingerprint density at radius 3 is 2.10 bits per heavy atom. The first-order valence-electron chi connectivity index (χ1n) is 7.77. The normalized spacial score (nSPS) is 22.6. The number of thioether (sulfide) groups is 1. The first-order valence-corrected chi connectivity index (χ1v) is 8.92. The fourth-order valence-corrected chi connectivity index (χ4v) is 4.45. The van der Waals surface area contributed by atoms with Crippen LogP contribution in [0.25, 0.3) is 0 Å². The van der Waals surface area contributed by atoms with E-state index in [4.69, 9.17) is 4.99 Å². The van der Waals surface area contributed by atoms with Crippen molar-refractivity contribution in [2.24, 2.45) is 4.99 Å². The Morgan fingerprint density at radius 1 is 1.05 bits per heavy atom. The van der Waals surface area contributed by atoms with Crippen molar-refractivity contribution in [2.75, 3.05) is 59.3 Å². The molecule has 0 aromatic rings. The summed E-state index contributed by atoms with van der Waals surface area (Å²) >= 11 is 2.10. The van der Waals surface area contributed by atoms with Crippen molar-refractivity contribution in [1.82, 2.24) is 14.7 Å². The highest BCUT2D eigenvalue weighted by Crippen LogP contribution is 2.37. The lowest BCUT2D eigenvalue weighted by atomic mass is 9.95. The number of guanidine groups is 1. The van der Waals surface area contributed by atoms with Gasteiger partial charge in [0.15, 0.2) is 5.96 Å². The molecule has 0 bridgehead atoms. The van der Waals surface area contributed by atoms with Crippen LogP contribution in [0.1, 0.15) is 25.7 Å². The number of nitrogens with zero attached hydrogens (tertiary/aromatic N) is 4. The summed E-state index contributed by atoms with van der Waals surface area (Å²) in [5.74, 6) is 3.67. The van der Waals surface area contributed by atoms with Gasteiger partial charge in [-0.3, -0.25) is 9.89 Å². The van der Waals surface area contributed by atoms with Crippen molar-refractivity contribution >= 4 is 17.7 Å². The third-order valence-electron chi connectivity index (χ3n) is 4.53. The van der Waals surface area contributed by atoms with Gasteiger partial charge in [0.25, 0.3) is 0 Å². The number of aliphatic imine (C=N–C) groups is 1. The van der Waals surface area contributed by atoms with Gasteiger partial charge in [-0.05, 0) is 12.8 Å². The molecule has 1 saturated heterocycles. The molecular formula is C15H30N4S. The van der Waals surface area contributed by atoms with Gasteiger partial charge in [-0.15, -0.1) is 0 Å². The Balaban J connectivity index is 2.10. The minimum atomic E-state index is 0.345. The summed E-state index contributed by atoms with van der Waals surface area (Å²) in [5, 5.41) is 0. The average Bonchev–Trinajstić information content (AvgIpc) is 2.89. The maximum Gasteiger partial charge on any atom is 0.195 e. The van der Waals surface area contributed by atoms with Gasteiger partial charge in [0, 0.05) is 58.3 Å². The van der Waals surface area contributed by atoms with Crippen molar-refractivity contribution < 1.29 is 0 Å². The molecule has 20 heavy (non-hydrogen) atoms. The van der Waals surface area contributed by atoms with Gasteiger partial charge in [-0.1, -0.05) is 12.8 Å². The summed E-state index contributed by atoms with van der Waals surface area (Å²) in [7, 11) is 8.32. The van der Waals surface area contributed by atoms with E-state index in [1.165, 1.54) is 50.3 Å². The summed E-state index contributed by atoms with van der Waals surface area (Å²) in [6.45, 7) is 3.46. The fraction of sp³-hybridized carbons (Fsp3) is 0.933. The zero-order valence-electron chi connectivity index (χ0n) is 13.6. The summed E-state index contributed by atoms with van der Waals surface area (Å²) in [6.07, 6.45) is 5.40. The fourth-order valence-electron chi connectivity index (χ4n) is 3.55. The lowest BCUT2D eigenvalue weighted by Crippen LogP contribution is -2.53. The lowest BCUT2D eigenvalue weighted by molar-refractivity contribution is 0.112. The molecule has 116 valence electrons. The zero-order chi connectivity index (χ0) is 14.6. The van der Waals surface area contributed by atoms with E-state index >= 15 is 0 Å². The van der Waals surface area contributed by atoms with Crippen LogP contribution < -0.4 is 0 Å². The second-order valence-electron chi connectivity index (χ2n) is 6.44. The molecule has 0 amide bonds. The van der Waals surface area contributed by atoms with Gasteiger partial charge in [-0.2, -0.15) is 11.8 Å². The molecule has 2 fully saturated rings. The quantitative estimate of drug-likeness (QED) is 0.585. The van der Waals surface area contributed by atoms with E-state index in [9.17, 15) is 0 Å². The Bertz CT molecular complexity index is 319. The molecule has 0 N–H and O–H groups in total. The molecule has 0 spiro atoms. The first-order chi connectivity index (χ1) is 9.55. The highest BCUT2D eigenvalue weighted by Gasteiger charge is 2.39.